The molecule has 4 heteroatoms. The van der Waals surface area contributed by atoms with Crippen molar-refractivity contribution in [2.75, 3.05) is 6.54 Å². The van der Waals surface area contributed by atoms with E-state index in [-0.39, 0.29) is 11.8 Å². The third-order valence-electron chi connectivity index (χ3n) is 4.96. The molecule has 0 radical (unpaired) electrons. The summed E-state index contributed by atoms with van der Waals surface area (Å²) in [5.41, 5.74) is -1.42. The molecule has 2 rings (SSSR count). The minimum atomic E-state index is -0.743. The van der Waals surface area contributed by atoms with Crippen LogP contribution in [0, 0.1) is 11.8 Å². The molecule has 20 heavy (non-hydrogen) atoms. The van der Waals surface area contributed by atoms with Crippen LogP contribution in [0.3, 0.4) is 0 Å². The van der Waals surface area contributed by atoms with Crippen LogP contribution in [0.2, 0.25) is 0 Å². The number of nitrogens with one attached hydrogen (secondary N) is 1. The first kappa shape index (κ1) is 15.3. The van der Waals surface area contributed by atoms with E-state index in [0.29, 0.717) is 18.4 Å². The molecule has 0 aromatic rings. The van der Waals surface area contributed by atoms with Gasteiger partial charge in [-0.2, -0.15) is 0 Å². The van der Waals surface area contributed by atoms with Crippen LogP contribution in [0.15, 0.2) is 0 Å². The monoisotopic (exact) mass is 280 g/mol. The highest BCUT2D eigenvalue weighted by atomic mass is 16.2. The summed E-state index contributed by atoms with van der Waals surface area (Å²) in [6.45, 7) is 10.6. The maximum atomic E-state index is 12.9. The van der Waals surface area contributed by atoms with Crippen molar-refractivity contribution in [2.45, 2.75) is 71.4 Å². The maximum absolute atomic E-state index is 12.9. The smallest absolute Gasteiger partial charge is 0.249 e. The van der Waals surface area contributed by atoms with Crippen molar-refractivity contribution >= 4 is 11.8 Å². The normalized spacial score (nSPS) is 31.1. The van der Waals surface area contributed by atoms with Crippen molar-refractivity contribution in [3.8, 4) is 0 Å². The zero-order valence-corrected chi connectivity index (χ0v) is 13.5. The summed E-state index contributed by atoms with van der Waals surface area (Å²) in [5, 5.41) is 3.00. The van der Waals surface area contributed by atoms with Crippen molar-refractivity contribution in [1.82, 2.24) is 10.2 Å². The van der Waals surface area contributed by atoms with Gasteiger partial charge in [-0.25, -0.2) is 0 Å². The Labute approximate surface area is 122 Å². The van der Waals surface area contributed by atoms with E-state index in [1.807, 2.05) is 25.7 Å². The van der Waals surface area contributed by atoms with Gasteiger partial charge >= 0.3 is 0 Å². The molecule has 2 unspecified atom stereocenters. The summed E-state index contributed by atoms with van der Waals surface area (Å²) < 4.78 is 0. The van der Waals surface area contributed by atoms with Crippen LogP contribution >= 0.6 is 0 Å². The largest absolute Gasteiger partial charge is 0.340 e. The summed E-state index contributed by atoms with van der Waals surface area (Å²) in [7, 11) is 0. The second-order valence-electron chi connectivity index (χ2n) is 7.30. The number of amides is 2. The molecule has 2 amide bonds. The van der Waals surface area contributed by atoms with Gasteiger partial charge in [0.25, 0.3) is 0 Å². The average Bonchev–Trinajstić information content (AvgIpc) is 3.18. The molecule has 1 heterocycles. The van der Waals surface area contributed by atoms with Gasteiger partial charge in [0.1, 0.15) is 11.1 Å². The third kappa shape index (κ3) is 2.45. The highest BCUT2D eigenvalue weighted by molar-refractivity contribution is 6.02. The van der Waals surface area contributed by atoms with Gasteiger partial charge in [-0.3, -0.25) is 9.59 Å². The van der Waals surface area contributed by atoms with E-state index < -0.39 is 11.1 Å². The van der Waals surface area contributed by atoms with Crippen LogP contribution in [-0.4, -0.2) is 34.3 Å². The number of carbonyl (C=O) groups excluding carboxylic acids is 2. The number of nitrogens with zero attached hydrogens (tertiary/aromatic N) is 1. The van der Waals surface area contributed by atoms with Gasteiger partial charge in [-0.1, -0.05) is 20.3 Å². The predicted molar refractivity (Wildman–Crippen MR) is 79.1 cm³/mol. The van der Waals surface area contributed by atoms with Crippen molar-refractivity contribution in [1.29, 1.82) is 0 Å². The predicted octanol–water partition coefficient (Wildman–Crippen LogP) is 2.33. The minimum Gasteiger partial charge on any atom is -0.340 e. The van der Waals surface area contributed by atoms with Gasteiger partial charge in [0.05, 0.1) is 0 Å². The fraction of sp³-hybridized carbons (Fsp3) is 0.875. The Kier molecular flexibility index (Phi) is 3.87. The molecule has 0 aromatic heterocycles. The summed E-state index contributed by atoms with van der Waals surface area (Å²) in [4.78, 5) is 27.2. The van der Waals surface area contributed by atoms with Gasteiger partial charge in [-0.15, -0.1) is 0 Å². The van der Waals surface area contributed by atoms with Gasteiger partial charge in [0, 0.05) is 6.54 Å². The Bertz CT molecular complexity index is 415. The lowest BCUT2D eigenvalue weighted by molar-refractivity contribution is -0.162. The summed E-state index contributed by atoms with van der Waals surface area (Å²) in [6, 6.07) is 0. The molecule has 0 bridgehead atoms. The van der Waals surface area contributed by atoms with Crippen LogP contribution < -0.4 is 5.32 Å². The molecule has 2 atom stereocenters. The van der Waals surface area contributed by atoms with Crippen molar-refractivity contribution in [3.05, 3.63) is 0 Å². The fourth-order valence-electron chi connectivity index (χ4n) is 3.24. The lowest BCUT2D eigenvalue weighted by atomic mass is 9.84. The van der Waals surface area contributed by atoms with E-state index in [1.165, 1.54) is 0 Å². The first-order chi connectivity index (χ1) is 9.23. The first-order valence-corrected chi connectivity index (χ1v) is 7.88. The number of rotatable bonds is 5. The number of carbonyl (C=O) groups is 2. The van der Waals surface area contributed by atoms with Gasteiger partial charge < -0.3 is 10.2 Å². The molecular formula is C16H28N2O2. The highest BCUT2D eigenvalue weighted by Gasteiger charge is 2.57. The molecule has 1 saturated carbocycles. The Morgan fingerprint density at radius 2 is 1.90 bits per heavy atom. The highest BCUT2D eigenvalue weighted by Crippen LogP contribution is 2.43. The standard InChI is InChI=1S/C16H28N2O2/c1-6-7-11(2)10-18-14(20)16(5,12-8-9-12)17-13(19)15(18,3)4/h11-12H,6-10H2,1-5H3,(H,17,19). The van der Waals surface area contributed by atoms with Gasteiger partial charge in [0.15, 0.2) is 0 Å². The van der Waals surface area contributed by atoms with Crippen molar-refractivity contribution in [3.63, 3.8) is 0 Å². The summed E-state index contributed by atoms with van der Waals surface area (Å²) >= 11 is 0. The average molecular weight is 280 g/mol. The van der Waals surface area contributed by atoms with Crippen LogP contribution in [0.25, 0.3) is 0 Å². The Balaban J connectivity index is 2.24. The fourth-order valence-corrected chi connectivity index (χ4v) is 3.24. The summed E-state index contributed by atoms with van der Waals surface area (Å²) in [5.74, 6) is 0.833. The van der Waals surface area contributed by atoms with Crippen LogP contribution in [-0.2, 0) is 9.59 Å². The van der Waals surface area contributed by atoms with E-state index in [4.69, 9.17) is 0 Å². The topological polar surface area (TPSA) is 49.4 Å². The van der Waals surface area contributed by atoms with Gasteiger partial charge in [-0.05, 0) is 51.9 Å². The lowest BCUT2D eigenvalue weighted by Gasteiger charge is -2.49. The first-order valence-electron chi connectivity index (χ1n) is 7.88. The van der Waals surface area contributed by atoms with E-state index >= 15 is 0 Å². The molecular weight excluding hydrogens is 252 g/mol. The Morgan fingerprint density at radius 3 is 2.40 bits per heavy atom. The molecule has 1 N–H and O–H groups in total. The van der Waals surface area contributed by atoms with E-state index in [0.717, 1.165) is 25.7 Å². The van der Waals surface area contributed by atoms with E-state index in [9.17, 15) is 9.59 Å². The maximum Gasteiger partial charge on any atom is 0.249 e. The van der Waals surface area contributed by atoms with Crippen LogP contribution in [0.4, 0.5) is 0 Å². The number of piperazine rings is 1. The number of hydrogen-bond donors (Lipinski definition) is 1. The van der Waals surface area contributed by atoms with Crippen molar-refractivity contribution in [2.24, 2.45) is 11.8 Å². The Hall–Kier alpha value is -1.06. The molecule has 114 valence electrons. The third-order valence-corrected chi connectivity index (χ3v) is 4.96. The zero-order chi connectivity index (χ0) is 15.1. The quantitative estimate of drug-likeness (QED) is 0.840. The minimum absolute atomic E-state index is 0.0183. The second kappa shape index (κ2) is 5.05. The second-order valence-corrected chi connectivity index (χ2v) is 7.30. The molecule has 0 spiro atoms. The zero-order valence-electron chi connectivity index (χ0n) is 13.5. The Morgan fingerprint density at radius 1 is 1.30 bits per heavy atom. The SMILES string of the molecule is CCCC(C)CN1C(=O)C(C)(C2CC2)NC(=O)C1(C)C. The molecule has 4 nitrogen and oxygen atoms in total. The number of hydrogen-bond acceptors (Lipinski definition) is 2. The molecule has 0 aromatic carbocycles. The van der Waals surface area contributed by atoms with Crippen molar-refractivity contribution < 1.29 is 9.59 Å². The molecule has 2 aliphatic rings. The van der Waals surface area contributed by atoms with Gasteiger partial charge in [0.2, 0.25) is 11.8 Å². The van der Waals surface area contributed by atoms with E-state index in [1.54, 1.807) is 0 Å². The lowest BCUT2D eigenvalue weighted by Crippen LogP contribution is -2.74. The molecule has 1 aliphatic heterocycles. The summed E-state index contributed by atoms with van der Waals surface area (Å²) in [6.07, 6.45) is 4.28. The molecule has 2 fully saturated rings. The van der Waals surface area contributed by atoms with Crippen LogP contribution in [0.1, 0.15) is 60.3 Å². The molecule has 1 aliphatic carbocycles. The van der Waals surface area contributed by atoms with E-state index in [2.05, 4.69) is 19.2 Å². The molecule has 1 saturated heterocycles. The van der Waals surface area contributed by atoms with Crippen LogP contribution in [0.5, 0.6) is 0 Å².